The van der Waals surface area contributed by atoms with Crippen LogP contribution in [-0.2, 0) is 20.7 Å². The average molecular weight is 403 g/mol. The fraction of sp³-hybridized carbons (Fsp3) is 0.556. The van der Waals surface area contributed by atoms with Crippen LogP contribution in [0.4, 0.5) is 0 Å². The van der Waals surface area contributed by atoms with E-state index in [1.165, 1.54) is 4.90 Å². The van der Waals surface area contributed by atoms with Gasteiger partial charge in [-0.2, -0.15) is 0 Å². The first-order valence-electron chi connectivity index (χ1n) is 8.80. The first-order valence-corrected chi connectivity index (χ1v) is 9.56. The van der Waals surface area contributed by atoms with Crippen molar-refractivity contribution in [2.45, 2.75) is 12.8 Å². The van der Waals surface area contributed by atoms with Crippen LogP contribution in [0.1, 0.15) is 12.0 Å². The summed E-state index contributed by atoms with van der Waals surface area (Å²) in [6, 6.07) is 5.26. The predicted octanol–water partition coefficient (Wildman–Crippen LogP) is 0.416. The van der Waals surface area contributed by atoms with Crippen LogP contribution in [-0.4, -0.2) is 69.7 Å². The third-order valence-corrected chi connectivity index (χ3v) is 5.16. The largest absolute Gasteiger partial charge is 0.385 e. The summed E-state index contributed by atoms with van der Waals surface area (Å²) in [5, 5.41) is 3.85. The SMILES string of the molecule is COCCCNC(=O)C[NH+]1CCN(C(=O)Cc2ccc(Cl)c(Cl)c2)CC1. The molecule has 1 fully saturated rings. The molecule has 6 nitrogen and oxygen atoms in total. The highest BCUT2D eigenvalue weighted by molar-refractivity contribution is 6.42. The maximum atomic E-state index is 12.4. The van der Waals surface area contributed by atoms with E-state index in [1.54, 1.807) is 19.2 Å². The summed E-state index contributed by atoms with van der Waals surface area (Å²) >= 11 is 11.9. The lowest BCUT2D eigenvalue weighted by molar-refractivity contribution is -0.896. The van der Waals surface area contributed by atoms with Gasteiger partial charge < -0.3 is 19.9 Å². The monoisotopic (exact) mass is 402 g/mol. The number of piperazine rings is 1. The van der Waals surface area contributed by atoms with Gasteiger partial charge in [-0.1, -0.05) is 29.3 Å². The van der Waals surface area contributed by atoms with Crippen molar-refractivity contribution in [2.24, 2.45) is 0 Å². The molecular weight excluding hydrogens is 377 g/mol. The Balaban J connectivity index is 1.71. The Morgan fingerprint density at radius 2 is 1.96 bits per heavy atom. The highest BCUT2D eigenvalue weighted by atomic mass is 35.5. The lowest BCUT2D eigenvalue weighted by Gasteiger charge is -2.32. The van der Waals surface area contributed by atoms with Crippen molar-refractivity contribution < 1.29 is 19.2 Å². The molecule has 26 heavy (non-hydrogen) atoms. The number of hydrogen-bond acceptors (Lipinski definition) is 3. The van der Waals surface area contributed by atoms with E-state index >= 15 is 0 Å². The van der Waals surface area contributed by atoms with Gasteiger partial charge in [-0.3, -0.25) is 9.59 Å². The van der Waals surface area contributed by atoms with Crippen molar-refractivity contribution in [3.05, 3.63) is 33.8 Å². The summed E-state index contributed by atoms with van der Waals surface area (Å²) in [7, 11) is 1.65. The summed E-state index contributed by atoms with van der Waals surface area (Å²) < 4.78 is 4.95. The Morgan fingerprint density at radius 3 is 2.62 bits per heavy atom. The summed E-state index contributed by atoms with van der Waals surface area (Å²) in [5.74, 6) is 0.123. The molecule has 1 aromatic rings. The normalized spacial score (nSPS) is 15.1. The minimum Gasteiger partial charge on any atom is -0.385 e. The van der Waals surface area contributed by atoms with Gasteiger partial charge in [0.2, 0.25) is 5.91 Å². The third-order valence-electron chi connectivity index (χ3n) is 4.42. The molecule has 144 valence electrons. The lowest BCUT2D eigenvalue weighted by atomic mass is 10.1. The number of nitrogens with one attached hydrogen (secondary N) is 2. The maximum absolute atomic E-state index is 12.4. The number of carbonyl (C=O) groups is 2. The number of ether oxygens (including phenoxy) is 1. The number of amides is 2. The molecule has 0 spiro atoms. The number of benzene rings is 1. The Morgan fingerprint density at radius 1 is 1.23 bits per heavy atom. The molecule has 0 atom stereocenters. The summed E-state index contributed by atoms with van der Waals surface area (Å²) in [5.41, 5.74) is 0.856. The molecule has 1 aromatic carbocycles. The molecule has 0 unspecified atom stereocenters. The smallest absolute Gasteiger partial charge is 0.275 e. The maximum Gasteiger partial charge on any atom is 0.275 e. The van der Waals surface area contributed by atoms with Crippen LogP contribution < -0.4 is 10.2 Å². The number of methoxy groups -OCH3 is 1. The first kappa shape index (κ1) is 21.0. The van der Waals surface area contributed by atoms with Gasteiger partial charge in [-0.15, -0.1) is 0 Å². The van der Waals surface area contributed by atoms with Crippen molar-refractivity contribution >= 4 is 35.0 Å². The van der Waals surface area contributed by atoms with Gasteiger partial charge >= 0.3 is 0 Å². The fourth-order valence-electron chi connectivity index (χ4n) is 2.92. The molecule has 8 heteroatoms. The second kappa shape index (κ2) is 10.7. The van der Waals surface area contributed by atoms with Crippen LogP contribution in [0.5, 0.6) is 0 Å². The van der Waals surface area contributed by atoms with Gasteiger partial charge in [0.1, 0.15) is 0 Å². The van der Waals surface area contributed by atoms with Crippen molar-refractivity contribution in [3.63, 3.8) is 0 Å². The summed E-state index contributed by atoms with van der Waals surface area (Å²) in [6.45, 7) is 4.60. The van der Waals surface area contributed by atoms with E-state index in [0.717, 1.165) is 25.1 Å². The number of hydrogen-bond donors (Lipinski definition) is 2. The van der Waals surface area contributed by atoms with Gasteiger partial charge in [0.25, 0.3) is 5.91 Å². The zero-order valence-corrected chi connectivity index (χ0v) is 16.5. The molecular formula is C18H26Cl2N3O3+. The highest BCUT2D eigenvalue weighted by Gasteiger charge is 2.25. The molecule has 2 N–H and O–H groups in total. The second-order valence-electron chi connectivity index (χ2n) is 6.43. The third kappa shape index (κ3) is 6.76. The second-order valence-corrected chi connectivity index (χ2v) is 7.24. The van der Waals surface area contributed by atoms with Crippen LogP contribution in [0.25, 0.3) is 0 Å². The molecule has 1 saturated heterocycles. The van der Waals surface area contributed by atoms with Gasteiger partial charge in [-0.05, 0) is 24.1 Å². The van der Waals surface area contributed by atoms with Crippen molar-refractivity contribution in [2.75, 3.05) is 53.0 Å². The number of rotatable bonds is 8. The van der Waals surface area contributed by atoms with E-state index in [0.29, 0.717) is 49.3 Å². The van der Waals surface area contributed by atoms with Gasteiger partial charge in [-0.25, -0.2) is 0 Å². The van der Waals surface area contributed by atoms with Crippen LogP contribution >= 0.6 is 23.2 Å². The Bertz CT molecular complexity index is 620. The Kier molecular flexibility index (Phi) is 8.65. The molecule has 1 aliphatic heterocycles. The van der Waals surface area contributed by atoms with Crippen LogP contribution in [0.15, 0.2) is 18.2 Å². The number of halogens is 2. The number of quaternary nitrogens is 1. The minimum absolute atomic E-state index is 0.0479. The van der Waals surface area contributed by atoms with Crippen molar-refractivity contribution in [1.82, 2.24) is 10.2 Å². The molecule has 2 rings (SSSR count). The van der Waals surface area contributed by atoms with Gasteiger partial charge in [0, 0.05) is 20.3 Å². The van der Waals surface area contributed by atoms with E-state index in [4.69, 9.17) is 27.9 Å². The zero-order chi connectivity index (χ0) is 18.9. The molecule has 1 heterocycles. The topological polar surface area (TPSA) is 63.1 Å². The van der Waals surface area contributed by atoms with Gasteiger partial charge in [0.15, 0.2) is 6.54 Å². The Labute approximate surface area is 164 Å². The van der Waals surface area contributed by atoms with Crippen LogP contribution in [0.3, 0.4) is 0 Å². The number of nitrogens with zero attached hydrogens (tertiary/aromatic N) is 1. The molecule has 0 saturated carbocycles. The predicted molar refractivity (Wildman–Crippen MR) is 102 cm³/mol. The average Bonchev–Trinajstić information content (AvgIpc) is 2.62. The molecule has 1 aliphatic rings. The molecule has 0 radical (unpaired) electrons. The highest BCUT2D eigenvalue weighted by Crippen LogP contribution is 2.23. The molecule has 0 aromatic heterocycles. The molecule has 0 aliphatic carbocycles. The summed E-state index contributed by atoms with van der Waals surface area (Å²) in [6.07, 6.45) is 1.13. The lowest BCUT2D eigenvalue weighted by Crippen LogP contribution is -3.15. The van der Waals surface area contributed by atoms with E-state index in [1.807, 2.05) is 11.0 Å². The van der Waals surface area contributed by atoms with Crippen molar-refractivity contribution in [3.8, 4) is 0 Å². The van der Waals surface area contributed by atoms with Crippen LogP contribution in [0.2, 0.25) is 10.0 Å². The Hall–Kier alpha value is -1.34. The van der Waals surface area contributed by atoms with E-state index in [-0.39, 0.29) is 11.8 Å². The van der Waals surface area contributed by atoms with E-state index < -0.39 is 0 Å². The quantitative estimate of drug-likeness (QED) is 0.619. The standard InChI is InChI=1S/C18H25Cl2N3O3/c1-26-10-2-5-21-17(24)13-22-6-8-23(9-7-22)18(25)12-14-3-4-15(19)16(20)11-14/h3-4,11H,2,5-10,12-13H2,1H3,(H,21,24)/p+1. The molecule has 2 amide bonds. The van der Waals surface area contributed by atoms with Crippen LogP contribution in [0, 0.1) is 0 Å². The van der Waals surface area contributed by atoms with Crippen molar-refractivity contribution in [1.29, 1.82) is 0 Å². The fourth-order valence-corrected chi connectivity index (χ4v) is 3.24. The summed E-state index contributed by atoms with van der Waals surface area (Å²) in [4.78, 5) is 27.4. The minimum atomic E-state index is 0.0479. The first-order chi connectivity index (χ1) is 12.5. The van der Waals surface area contributed by atoms with E-state index in [9.17, 15) is 9.59 Å². The zero-order valence-electron chi connectivity index (χ0n) is 15.0. The van der Waals surface area contributed by atoms with E-state index in [2.05, 4.69) is 5.32 Å². The van der Waals surface area contributed by atoms with Gasteiger partial charge in [0.05, 0.1) is 42.6 Å². The number of carbonyl (C=O) groups excluding carboxylic acids is 2. The molecule has 0 bridgehead atoms.